The van der Waals surface area contributed by atoms with Crippen LogP contribution in [-0.2, 0) is 15.5 Å². The van der Waals surface area contributed by atoms with Gasteiger partial charge in [-0.15, -0.1) is 0 Å². The molecule has 0 saturated carbocycles. The lowest BCUT2D eigenvalue weighted by molar-refractivity contribution is -0.137. The summed E-state index contributed by atoms with van der Waals surface area (Å²) in [5.41, 5.74) is 1.23. The van der Waals surface area contributed by atoms with Crippen LogP contribution in [-0.4, -0.2) is 18.3 Å². The Hall–Kier alpha value is -2.05. The van der Waals surface area contributed by atoms with Crippen LogP contribution in [0.15, 0.2) is 54.6 Å². The molecule has 166 valence electrons. The molecule has 1 heterocycles. The van der Waals surface area contributed by atoms with Crippen molar-refractivity contribution in [3.8, 4) is 0 Å². The highest BCUT2D eigenvalue weighted by atomic mass is 19.4. The van der Waals surface area contributed by atoms with Crippen molar-refractivity contribution in [3.63, 3.8) is 0 Å². The van der Waals surface area contributed by atoms with Gasteiger partial charge in [-0.05, 0) is 67.4 Å². The summed E-state index contributed by atoms with van der Waals surface area (Å²) in [6.45, 7) is 14.1. The SMILES string of the molecule is CC(C)(C)/C(=C(/B1OC(C)(C)C(C)(C)O1)c1ccc(C(F)(F)F)cc1)c1ccccc1. The first-order valence-corrected chi connectivity index (χ1v) is 10.5. The molecule has 0 atom stereocenters. The molecular formula is C25H30BF3O2. The lowest BCUT2D eigenvalue weighted by atomic mass is 9.64. The van der Waals surface area contributed by atoms with E-state index in [2.05, 4.69) is 20.8 Å². The molecule has 1 fully saturated rings. The second-order valence-electron chi connectivity index (χ2n) is 10.1. The minimum atomic E-state index is -4.39. The summed E-state index contributed by atoms with van der Waals surface area (Å²) in [7, 11) is -0.712. The van der Waals surface area contributed by atoms with Crippen LogP contribution in [0.3, 0.4) is 0 Å². The minimum absolute atomic E-state index is 0.316. The fourth-order valence-corrected chi connectivity index (χ4v) is 3.80. The molecule has 0 aliphatic carbocycles. The molecule has 0 aromatic heterocycles. The maximum Gasteiger partial charge on any atom is 0.495 e. The first kappa shape index (κ1) is 23.6. The molecule has 1 aliphatic rings. The first-order chi connectivity index (χ1) is 14.1. The zero-order valence-corrected chi connectivity index (χ0v) is 19.2. The molecule has 0 radical (unpaired) electrons. The second kappa shape index (κ2) is 7.82. The van der Waals surface area contributed by atoms with E-state index in [0.29, 0.717) is 5.56 Å². The van der Waals surface area contributed by atoms with Gasteiger partial charge in [0.15, 0.2) is 0 Å². The highest BCUT2D eigenvalue weighted by Crippen LogP contribution is 2.47. The third kappa shape index (κ3) is 4.75. The molecule has 0 unspecified atom stereocenters. The van der Waals surface area contributed by atoms with E-state index in [0.717, 1.165) is 28.7 Å². The minimum Gasteiger partial charge on any atom is -0.399 e. The number of benzene rings is 2. The Morgan fingerprint density at radius 2 is 1.23 bits per heavy atom. The van der Waals surface area contributed by atoms with Crippen molar-refractivity contribution in [1.29, 1.82) is 0 Å². The molecule has 0 N–H and O–H groups in total. The molecule has 1 saturated heterocycles. The summed E-state index contributed by atoms with van der Waals surface area (Å²) < 4.78 is 52.3. The topological polar surface area (TPSA) is 18.5 Å². The van der Waals surface area contributed by atoms with Crippen LogP contribution in [0.25, 0.3) is 11.0 Å². The van der Waals surface area contributed by atoms with Crippen molar-refractivity contribution in [2.75, 3.05) is 0 Å². The van der Waals surface area contributed by atoms with Gasteiger partial charge in [-0.25, -0.2) is 0 Å². The number of allylic oxidation sites excluding steroid dienone is 1. The van der Waals surface area contributed by atoms with Gasteiger partial charge in [-0.3, -0.25) is 0 Å². The number of alkyl halides is 3. The van der Waals surface area contributed by atoms with Gasteiger partial charge in [0, 0.05) is 0 Å². The Labute approximate surface area is 183 Å². The normalized spacial score (nSPS) is 19.4. The smallest absolute Gasteiger partial charge is 0.399 e. The monoisotopic (exact) mass is 430 g/mol. The highest BCUT2D eigenvalue weighted by molar-refractivity contribution is 6.71. The van der Waals surface area contributed by atoms with Gasteiger partial charge in [-0.2, -0.15) is 13.2 Å². The van der Waals surface area contributed by atoms with Gasteiger partial charge in [0.2, 0.25) is 0 Å². The average molecular weight is 430 g/mol. The van der Waals surface area contributed by atoms with E-state index in [4.69, 9.17) is 9.31 Å². The molecule has 0 bridgehead atoms. The fourth-order valence-electron chi connectivity index (χ4n) is 3.80. The average Bonchev–Trinajstić information content (AvgIpc) is 2.85. The molecule has 0 spiro atoms. The lowest BCUT2D eigenvalue weighted by Crippen LogP contribution is -2.41. The van der Waals surface area contributed by atoms with Crippen molar-refractivity contribution in [2.24, 2.45) is 5.41 Å². The summed E-state index contributed by atoms with van der Waals surface area (Å²) >= 11 is 0. The first-order valence-electron chi connectivity index (χ1n) is 10.5. The van der Waals surface area contributed by atoms with Gasteiger partial charge in [0.1, 0.15) is 0 Å². The number of hydrogen-bond acceptors (Lipinski definition) is 2. The zero-order valence-electron chi connectivity index (χ0n) is 19.2. The van der Waals surface area contributed by atoms with E-state index < -0.39 is 30.1 Å². The quantitative estimate of drug-likeness (QED) is 0.376. The summed E-state index contributed by atoms with van der Waals surface area (Å²) in [6.07, 6.45) is -4.39. The standard InChI is InChI=1S/C25H30BF3O2/c1-22(2,3)20(17-11-9-8-10-12-17)21(26-30-23(4,5)24(6,7)31-26)18-13-15-19(16-14-18)25(27,28)29/h8-16H,1-7H3/b21-20+. The van der Waals surface area contributed by atoms with Gasteiger partial charge in [-0.1, -0.05) is 63.2 Å². The van der Waals surface area contributed by atoms with E-state index in [9.17, 15) is 13.2 Å². The van der Waals surface area contributed by atoms with Gasteiger partial charge in [0.05, 0.1) is 16.8 Å². The van der Waals surface area contributed by atoms with Gasteiger partial charge >= 0.3 is 13.3 Å². The highest BCUT2D eigenvalue weighted by Gasteiger charge is 2.53. The van der Waals surface area contributed by atoms with Gasteiger partial charge in [0.25, 0.3) is 0 Å². The lowest BCUT2D eigenvalue weighted by Gasteiger charge is -2.32. The Kier molecular flexibility index (Phi) is 5.96. The van der Waals surface area contributed by atoms with E-state index in [-0.39, 0.29) is 5.41 Å². The number of halogens is 3. The van der Waals surface area contributed by atoms with Crippen LogP contribution in [0.5, 0.6) is 0 Å². The Balaban J connectivity index is 2.28. The third-order valence-electron chi connectivity index (χ3n) is 6.09. The van der Waals surface area contributed by atoms with E-state index >= 15 is 0 Å². The molecule has 31 heavy (non-hydrogen) atoms. The van der Waals surface area contributed by atoms with Crippen molar-refractivity contribution in [3.05, 3.63) is 71.3 Å². The molecular weight excluding hydrogens is 400 g/mol. The number of rotatable bonds is 3. The van der Waals surface area contributed by atoms with Crippen LogP contribution >= 0.6 is 0 Å². The maximum absolute atomic E-state index is 13.2. The van der Waals surface area contributed by atoms with Crippen molar-refractivity contribution in [1.82, 2.24) is 0 Å². The van der Waals surface area contributed by atoms with Crippen molar-refractivity contribution >= 4 is 18.2 Å². The summed E-state index contributed by atoms with van der Waals surface area (Å²) in [6, 6.07) is 15.1. The zero-order chi connectivity index (χ0) is 23.2. The van der Waals surface area contributed by atoms with Crippen LogP contribution in [0.4, 0.5) is 13.2 Å². The molecule has 2 aromatic rings. The van der Waals surface area contributed by atoms with Crippen LogP contribution in [0, 0.1) is 5.41 Å². The molecule has 2 aromatic carbocycles. The van der Waals surface area contributed by atoms with E-state index in [1.54, 1.807) is 0 Å². The van der Waals surface area contributed by atoms with Crippen molar-refractivity contribution in [2.45, 2.75) is 65.8 Å². The third-order valence-corrected chi connectivity index (χ3v) is 6.09. The van der Waals surface area contributed by atoms with E-state index in [1.807, 2.05) is 58.0 Å². The Morgan fingerprint density at radius 3 is 1.65 bits per heavy atom. The van der Waals surface area contributed by atoms with Crippen LogP contribution in [0.1, 0.15) is 65.2 Å². The summed E-state index contributed by atoms with van der Waals surface area (Å²) in [4.78, 5) is 0. The van der Waals surface area contributed by atoms with Crippen molar-refractivity contribution < 1.29 is 22.5 Å². The molecule has 2 nitrogen and oxygen atoms in total. The summed E-state index contributed by atoms with van der Waals surface area (Å²) in [5.74, 6) is 0. The molecule has 1 aliphatic heterocycles. The van der Waals surface area contributed by atoms with E-state index in [1.165, 1.54) is 12.1 Å². The maximum atomic E-state index is 13.2. The van der Waals surface area contributed by atoms with Gasteiger partial charge < -0.3 is 9.31 Å². The van der Waals surface area contributed by atoms with Crippen LogP contribution < -0.4 is 0 Å². The molecule has 0 amide bonds. The van der Waals surface area contributed by atoms with Crippen LogP contribution in [0.2, 0.25) is 0 Å². The second-order valence-corrected chi connectivity index (χ2v) is 10.1. The predicted octanol–water partition coefficient (Wildman–Crippen LogP) is 7.29. The molecule has 3 rings (SSSR count). The molecule has 6 heteroatoms. The predicted molar refractivity (Wildman–Crippen MR) is 120 cm³/mol. The largest absolute Gasteiger partial charge is 0.495 e. The Bertz CT molecular complexity index is 937. The fraction of sp³-hybridized carbons (Fsp3) is 0.440. The number of hydrogen-bond donors (Lipinski definition) is 0. The Morgan fingerprint density at radius 1 is 0.742 bits per heavy atom. The summed E-state index contributed by atoms with van der Waals surface area (Å²) in [5, 5.41) is 0.